The Labute approximate surface area is 148 Å². The molecule has 3 rings (SSSR count). The fourth-order valence-electron chi connectivity index (χ4n) is 3.11. The van der Waals surface area contributed by atoms with Gasteiger partial charge in [0, 0.05) is 45.3 Å². The van der Waals surface area contributed by atoms with Crippen LogP contribution in [0.4, 0.5) is 4.79 Å². The lowest BCUT2D eigenvalue weighted by molar-refractivity contribution is 0.133. The lowest BCUT2D eigenvalue weighted by Gasteiger charge is -2.34. The number of aromatic nitrogens is 1. The summed E-state index contributed by atoms with van der Waals surface area (Å²) in [5.74, 6) is 0.445. The normalized spacial score (nSPS) is 16.6. The zero-order chi connectivity index (χ0) is 17.5. The van der Waals surface area contributed by atoms with Crippen LogP contribution < -0.4 is 5.32 Å². The molecule has 1 fully saturated rings. The van der Waals surface area contributed by atoms with Gasteiger partial charge in [-0.3, -0.25) is 4.90 Å². The molecular formula is C19H26N4O2. The lowest BCUT2D eigenvalue weighted by atomic mass is 9.98. The highest BCUT2D eigenvalue weighted by molar-refractivity contribution is 5.74. The van der Waals surface area contributed by atoms with Gasteiger partial charge in [0.1, 0.15) is 6.26 Å². The molecule has 2 heterocycles. The van der Waals surface area contributed by atoms with Gasteiger partial charge >= 0.3 is 6.03 Å². The van der Waals surface area contributed by atoms with Gasteiger partial charge in [0.15, 0.2) is 0 Å². The fourth-order valence-corrected chi connectivity index (χ4v) is 3.11. The molecule has 6 heteroatoms. The van der Waals surface area contributed by atoms with Crippen molar-refractivity contribution in [3.8, 4) is 0 Å². The largest absolute Gasteiger partial charge is 0.364 e. The highest BCUT2D eigenvalue weighted by Gasteiger charge is 2.21. The standard InChI is InChI=1S/C19H26N4O2/c1-16(17-5-3-2-4-6-17)7-9-20-19(24)23-12-10-22(11-13-23)15-18-8-14-25-21-18/h2-6,8,14,16H,7,9-13,15H2,1H3,(H,20,24). The van der Waals surface area contributed by atoms with E-state index in [9.17, 15) is 4.79 Å². The van der Waals surface area contributed by atoms with Crippen LogP contribution in [-0.4, -0.2) is 53.7 Å². The van der Waals surface area contributed by atoms with Crippen LogP contribution in [0.25, 0.3) is 0 Å². The summed E-state index contributed by atoms with van der Waals surface area (Å²) in [6.07, 6.45) is 2.54. The summed E-state index contributed by atoms with van der Waals surface area (Å²) < 4.78 is 4.86. The van der Waals surface area contributed by atoms with Crippen molar-refractivity contribution in [2.24, 2.45) is 0 Å². The smallest absolute Gasteiger partial charge is 0.317 e. The molecule has 1 atom stereocenters. The molecule has 25 heavy (non-hydrogen) atoms. The second kappa shape index (κ2) is 8.67. The van der Waals surface area contributed by atoms with Crippen LogP contribution in [0.5, 0.6) is 0 Å². The topological polar surface area (TPSA) is 61.6 Å². The summed E-state index contributed by atoms with van der Waals surface area (Å²) in [5, 5.41) is 6.99. The monoisotopic (exact) mass is 342 g/mol. The average molecular weight is 342 g/mol. The van der Waals surface area contributed by atoms with Crippen molar-refractivity contribution in [3.05, 3.63) is 53.9 Å². The summed E-state index contributed by atoms with van der Waals surface area (Å²) in [7, 11) is 0. The number of benzene rings is 1. The maximum atomic E-state index is 12.3. The van der Waals surface area contributed by atoms with Crippen molar-refractivity contribution < 1.29 is 9.32 Å². The van der Waals surface area contributed by atoms with Crippen molar-refractivity contribution >= 4 is 6.03 Å². The van der Waals surface area contributed by atoms with Gasteiger partial charge in [0.2, 0.25) is 0 Å². The Balaban J connectivity index is 1.35. The highest BCUT2D eigenvalue weighted by atomic mass is 16.5. The van der Waals surface area contributed by atoms with E-state index in [1.165, 1.54) is 5.56 Å². The van der Waals surface area contributed by atoms with Crippen LogP contribution in [0.3, 0.4) is 0 Å². The maximum Gasteiger partial charge on any atom is 0.317 e. The molecule has 2 amide bonds. The van der Waals surface area contributed by atoms with E-state index < -0.39 is 0 Å². The molecule has 0 bridgehead atoms. The summed E-state index contributed by atoms with van der Waals surface area (Å²) in [6, 6.07) is 12.3. The number of piperazine rings is 1. The molecule has 0 spiro atoms. The van der Waals surface area contributed by atoms with E-state index in [4.69, 9.17) is 4.52 Å². The van der Waals surface area contributed by atoms with Crippen LogP contribution in [0.1, 0.15) is 30.5 Å². The van der Waals surface area contributed by atoms with Crippen LogP contribution in [0.15, 0.2) is 47.2 Å². The number of carbonyl (C=O) groups excluding carboxylic acids is 1. The molecule has 1 N–H and O–H groups in total. The molecule has 0 aliphatic carbocycles. The van der Waals surface area contributed by atoms with E-state index in [0.717, 1.165) is 44.8 Å². The third kappa shape index (κ3) is 5.06. The first kappa shape index (κ1) is 17.5. The molecule has 0 saturated carbocycles. The number of nitrogens with one attached hydrogen (secondary N) is 1. The van der Waals surface area contributed by atoms with Crippen molar-refractivity contribution in [1.29, 1.82) is 0 Å². The number of amides is 2. The van der Waals surface area contributed by atoms with Crippen molar-refractivity contribution in [2.45, 2.75) is 25.8 Å². The number of hydrogen-bond acceptors (Lipinski definition) is 4. The second-order valence-electron chi connectivity index (χ2n) is 6.59. The predicted molar refractivity (Wildman–Crippen MR) is 96.2 cm³/mol. The van der Waals surface area contributed by atoms with E-state index in [1.54, 1.807) is 6.26 Å². The first-order valence-electron chi connectivity index (χ1n) is 8.91. The molecule has 1 unspecified atom stereocenters. The molecule has 134 valence electrons. The fraction of sp³-hybridized carbons (Fsp3) is 0.474. The number of rotatable bonds is 6. The van der Waals surface area contributed by atoms with Crippen LogP contribution >= 0.6 is 0 Å². The minimum atomic E-state index is 0.0429. The number of carbonyl (C=O) groups is 1. The Morgan fingerprint density at radius 3 is 2.64 bits per heavy atom. The predicted octanol–water partition coefficient (Wildman–Crippen LogP) is 2.70. The Kier molecular flexibility index (Phi) is 6.06. The minimum Gasteiger partial charge on any atom is -0.364 e. The third-order valence-corrected chi connectivity index (χ3v) is 4.76. The molecule has 1 aromatic carbocycles. The minimum absolute atomic E-state index is 0.0429. The van der Waals surface area contributed by atoms with Gasteiger partial charge < -0.3 is 14.7 Å². The van der Waals surface area contributed by atoms with Crippen molar-refractivity contribution in [2.75, 3.05) is 32.7 Å². The van der Waals surface area contributed by atoms with E-state index in [-0.39, 0.29) is 6.03 Å². The summed E-state index contributed by atoms with van der Waals surface area (Å²) in [4.78, 5) is 16.5. The molecular weight excluding hydrogens is 316 g/mol. The van der Waals surface area contributed by atoms with E-state index in [0.29, 0.717) is 12.5 Å². The highest BCUT2D eigenvalue weighted by Crippen LogP contribution is 2.17. The van der Waals surface area contributed by atoms with Gasteiger partial charge in [-0.25, -0.2) is 4.79 Å². The van der Waals surface area contributed by atoms with Crippen molar-refractivity contribution in [1.82, 2.24) is 20.3 Å². The molecule has 1 aromatic heterocycles. The Bertz CT molecular complexity index is 637. The van der Waals surface area contributed by atoms with E-state index >= 15 is 0 Å². The Hall–Kier alpha value is -2.34. The van der Waals surface area contributed by atoms with Gasteiger partial charge in [0.25, 0.3) is 0 Å². The molecule has 6 nitrogen and oxygen atoms in total. The molecule has 1 saturated heterocycles. The average Bonchev–Trinajstić information content (AvgIpc) is 3.16. The summed E-state index contributed by atoms with van der Waals surface area (Å²) >= 11 is 0. The summed E-state index contributed by atoms with van der Waals surface area (Å²) in [6.45, 7) is 6.90. The Morgan fingerprint density at radius 1 is 1.20 bits per heavy atom. The number of hydrogen-bond donors (Lipinski definition) is 1. The van der Waals surface area contributed by atoms with Gasteiger partial charge in [-0.15, -0.1) is 0 Å². The lowest BCUT2D eigenvalue weighted by Crippen LogP contribution is -2.51. The van der Waals surface area contributed by atoms with Gasteiger partial charge in [-0.1, -0.05) is 42.4 Å². The second-order valence-corrected chi connectivity index (χ2v) is 6.59. The SMILES string of the molecule is CC(CCNC(=O)N1CCN(Cc2ccon2)CC1)c1ccccc1. The zero-order valence-electron chi connectivity index (χ0n) is 14.7. The van der Waals surface area contributed by atoms with Gasteiger partial charge in [-0.2, -0.15) is 0 Å². The van der Waals surface area contributed by atoms with Gasteiger partial charge in [-0.05, 0) is 17.9 Å². The molecule has 2 aromatic rings. The van der Waals surface area contributed by atoms with E-state index in [2.05, 4.69) is 46.6 Å². The first-order valence-corrected chi connectivity index (χ1v) is 8.91. The number of urea groups is 1. The molecule has 1 aliphatic rings. The molecule has 0 radical (unpaired) electrons. The summed E-state index contributed by atoms with van der Waals surface area (Å²) in [5.41, 5.74) is 2.26. The first-order chi connectivity index (χ1) is 12.2. The van der Waals surface area contributed by atoms with Gasteiger partial charge in [0.05, 0.1) is 5.69 Å². The quantitative estimate of drug-likeness (QED) is 0.877. The van der Waals surface area contributed by atoms with Crippen LogP contribution in [-0.2, 0) is 6.54 Å². The third-order valence-electron chi connectivity index (χ3n) is 4.76. The maximum absolute atomic E-state index is 12.3. The van der Waals surface area contributed by atoms with Crippen LogP contribution in [0, 0.1) is 0 Å². The van der Waals surface area contributed by atoms with Crippen LogP contribution in [0.2, 0.25) is 0 Å². The molecule has 1 aliphatic heterocycles. The van der Waals surface area contributed by atoms with E-state index in [1.807, 2.05) is 17.0 Å². The number of nitrogens with zero attached hydrogens (tertiary/aromatic N) is 3. The zero-order valence-corrected chi connectivity index (χ0v) is 14.7. The van der Waals surface area contributed by atoms with Crippen molar-refractivity contribution in [3.63, 3.8) is 0 Å². The Morgan fingerprint density at radius 2 is 1.96 bits per heavy atom.